The molecule has 0 bridgehead atoms. The van der Waals surface area contributed by atoms with Gasteiger partial charge in [0.1, 0.15) is 0 Å². The van der Waals surface area contributed by atoms with Crippen LogP contribution in [0.5, 0.6) is 0 Å². The molecular weight excluding hydrogens is 322 g/mol. The van der Waals surface area contributed by atoms with Crippen LogP contribution in [0.4, 0.5) is 11.4 Å². The van der Waals surface area contributed by atoms with Crippen molar-refractivity contribution >= 4 is 34.8 Å². The van der Waals surface area contributed by atoms with Gasteiger partial charge in [0.15, 0.2) is 0 Å². The maximum absolute atomic E-state index is 11.9. The first kappa shape index (κ1) is 16.4. The Labute approximate surface area is 136 Å². The summed E-state index contributed by atoms with van der Waals surface area (Å²) in [6.07, 6.45) is 0. The molecule has 0 aliphatic heterocycles. The largest absolute Gasteiger partial charge is 0.343 e. The lowest BCUT2D eigenvalue weighted by Crippen LogP contribution is -2.33. The van der Waals surface area contributed by atoms with Gasteiger partial charge in [-0.2, -0.15) is 0 Å². The van der Waals surface area contributed by atoms with Crippen LogP contribution in [0.3, 0.4) is 0 Å². The third kappa shape index (κ3) is 4.52. The average Bonchev–Trinajstić information content (AvgIpc) is 2.53. The lowest BCUT2D eigenvalue weighted by molar-refractivity contribution is -0.384. The minimum atomic E-state index is -0.561. The molecule has 0 aliphatic rings. The molecule has 2 aromatic rings. The summed E-state index contributed by atoms with van der Waals surface area (Å²) in [5.41, 5.74) is 0.399. The molecule has 2 rings (SSSR count). The first-order chi connectivity index (χ1) is 11.0. The van der Waals surface area contributed by atoms with Gasteiger partial charge in [-0.1, -0.05) is 29.8 Å². The number of rotatable bonds is 5. The molecule has 7 nitrogen and oxygen atoms in total. The van der Waals surface area contributed by atoms with Crippen molar-refractivity contribution in [2.24, 2.45) is 0 Å². The Hall–Kier alpha value is -2.93. The average molecular weight is 334 g/mol. The number of hydrogen-bond donors (Lipinski definition) is 2. The predicted molar refractivity (Wildman–Crippen MR) is 85.5 cm³/mol. The van der Waals surface area contributed by atoms with Gasteiger partial charge in [-0.25, -0.2) is 0 Å². The Morgan fingerprint density at radius 3 is 2.57 bits per heavy atom. The van der Waals surface area contributed by atoms with Crippen LogP contribution in [0.25, 0.3) is 0 Å². The number of nitrogens with one attached hydrogen (secondary N) is 2. The monoisotopic (exact) mass is 333 g/mol. The van der Waals surface area contributed by atoms with Crippen molar-refractivity contribution in [3.63, 3.8) is 0 Å². The first-order valence-electron chi connectivity index (χ1n) is 6.54. The molecule has 118 valence electrons. The highest BCUT2D eigenvalue weighted by atomic mass is 35.5. The fourth-order valence-corrected chi connectivity index (χ4v) is 2.03. The zero-order chi connectivity index (χ0) is 16.8. The summed E-state index contributed by atoms with van der Waals surface area (Å²) in [7, 11) is 0. The number of anilines is 1. The van der Waals surface area contributed by atoms with Crippen LogP contribution in [0, 0.1) is 10.1 Å². The molecule has 2 amide bonds. The number of amides is 2. The zero-order valence-electron chi connectivity index (χ0n) is 11.8. The van der Waals surface area contributed by atoms with E-state index in [9.17, 15) is 19.7 Å². The van der Waals surface area contributed by atoms with E-state index in [0.29, 0.717) is 0 Å². The van der Waals surface area contributed by atoms with Gasteiger partial charge in [0, 0.05) is 17.8 Å². The topological polar surface area (TPSA) is 101 Å². The smallest absolute Gasteiger partial charge is 0.271 e. The molecule has 0 fully saturated rings. The van der Waals surface area contributed by atoms with Crippen LogP contribution in [-0.2, 0) is 4.79 Å². The molecule has 0 unspecified atom stereocenters. The van der Waals surface area contributed by atoms with E-state index in [2.05, 4.69) is 10.6 Å². The molecule has 0 saturated carbocycles. The summed E-state index contributed by atoms with van der Waals surface area (Å²) >= 11 is 5.89. The Bertz CT molecular complexity index is 764. The van der Waals surface area contributed by atoms with Crippen molar-refractivity contribution < 1.29 is 14.5 Å². The van der Waals surface area contributed by atoms with Crippen LogP contribution >= 0.6 is 11.6 Å². The van der Waals surface area contributed by atoms with Gasteiger partial charge < -0.3 is 10.6 Å². The standard InChI is InChI=1S/C15H12ClN3O4/c16-13-7-2-1-6-12(13)15(21)17-9-14(20)18-10-4-3-5-11(8-10)19(22)23/h1-8H,9H2,(H,17,21)(H,18,20). The Morgan fingerprint density at radius 2 is 1.87 bits per heavy atom. The molecule has 0 aliphatic carbocycles. The van der Waals surface area contributed by atoms with Crippen molar-refractivity contribution in [2.75, 3.05) is 11.9 Å². The van der Waals surface area contributed by atoms with Gasteiger partial charge in [-0.05, 0) is 18.2 Å². The number of hydrogen-bond acceptors (Lipinski definition) is 4. The van der Waals surface area contributed by atoms with Gasteiger partial charge >= 0.3 is 0 Å². The first-order valence-corrected chi connectivity index (χ1v) is 6.92. The van der Waals surface area contributed by atoms with Gasteiger partial charge in [0.25, 0.3) is 11.6 Å². The maximum atomic E-state index is 11.9. The molecule has 2 aromatic carbocycles. The van der Waals surface area contributed by atoms with Crippen LogP contribution in [0.2, 0.25) is 5.02 Å². The lowest BCUT2D eigenvalue weighted by atomic mass is 10.2. The highest BCUT2D eigenvalue weighted by molar-refractivity contribution is 6.33. The molecule has 8 heteroatoms. The Balaban J connectivity index is 1.93. The van der Waals surface area contributed by atoms with E-state index < -0.39 is 16.7 Å². The summed E-state index contributed by atoms with van der Waals surface area (Å²) in [4.78, 5) is 33.8. The number of nitro benzene ring substituents is 1. The van der Waals surface area contributed by atoms with E-state index >= 15 is 0 Å². The zero-order valence-corrected chi connectivity index (χ0v) is 12.5. The SMILES string of the molecule is O=C(CNC(=O)c1ccccc1Cl)Nc1cccc([N+](=O)[O-])c1. The number of benzene rings is 2. The summed E-state index contributed by atoms with van der Waals surface area (Å²) < 4.78 is 0. The molecule has 0 aromatic heterocycles. The Morgan fingerprint density at radius 1 is 1.13 bits per heavy atom. The van der Waals surface area contributed by atoms with Crippen LogP contribution in [-0.4, -0.2) is 23.3 Å². The second-order valence-corrected chi connectivity index (χ2v) is 4.93. The van der Waals surface area contributed by atoms with E-state index in [4.69, 9.17) is 11.6 Å². The molecular formula is C15H12ClN3O4. The molecule has 0 radical (unpaired) electrons. The van der Waals surface area contributed by atoms with E-state index in [1.165, 1.54) is 30.3 Å². The third-order valence-electron chi connectivity index (χ3n) is 2.87. The quantitative estimate of drug-likeness (QED) is 0.648. The minimum absolute atomic E-state index is 0.136. The number of non-ortho nitro benzene ring substituents is 1. The summed E-state index contributed by atoms with van der Waals surface area (Å²) in [6.45, 7) is -0.285. The minimum Gasteiger partial charge on any atom is -0.343 e. The van der Waals surface area contributed by atoms with Crippen molar-refractivity contribution in [1.82, 2.24) is 5.32 Å². The fourth-order valence-electron chi connectivity index (χ4n) is 1.80. The number of nitro groups is 1. The maximum Gasteiger partial charge on any atom is 0.271 e. The van der Waals surface area contributed by atoms with Crippen molar-refractivity contribution in [3.05, 3.63) is 69.2 Å². The predicted octanol–water partition coefficient (Wildman–Crippen LogP) is 2.62. The van der Waals surface area contributed by atoms with Gasteiger partial charge in [0.05, 0.1) is 22.1 Å². The summed E-state index contributed by atoms with van der Waals surface area (Å²) in [6, 6.07) is 12.0. The van der Waals surface area contributed by atoms with Gasteiger partial charge in [-0.3, -0.25) is 19.7 Å². The van der Waals surface area contributed by atoms with Crippen LogP contribution < -0.4 is 10.6 Å². The molecule has 0 heterocycles. The van der Waals surface area contributed by atoms with Crippen molar-refractivity contribution in [1.29, 1.82) is 0 Å². The van der Waals surface area contributed by atoms with Crippen LogP contribution in [0.1, 0.15) is 10.4 Å². The molecule has 0 spiro atoms. The number of nitrogens with zero attached hydrogens (tertiary/aromatic N) is 1. The lowest BCUT2D eigenvalue weighted by Gasteiger charge is -2.07. The van der Waals surface area contributed by atoms with E-state index in [1.54, 1.807) is 18.2 Å². The molecule has 0 saturated heterocycles. The summed E-state index contributed by atoms with van der Waals surface area (Å²) in [5.74, 6) is -0.990. The number of carbonyl (C=O) groups excluding carboxylic acids is 2. The second kappa shape index (κ2) is 7.37. The number of carbonyl (C=O) groups is 2. The highest BCUT2D eigenvalue weighted by Crippen LogP contribution is 2.17. The molecule has 0 atom stereocenters. The van der Waals surface area contributed by atoms with Crippen LogP contribution in [0.15, 0.2) is 48.5 Å². The second-order valence-electron chi connectivity index (χ2n) is 4.52. The molecule has 2 N–H and O–H groups in total. The third-order valence-corrected chi connectivity index (χ3v) is 3.20. The van der Waals surface area contributed by atoms with Crippen molar-refractivity contribution in [2.45, 2.75) is 0 Å². The van der Waals surface area contributed by atoms with Gasteiger partial charge in [0.2, 0.25) is 5.91 Å². The highest BCUT2D eigenvalue weighted by Gasteiger charge is 2.12. The number of halogens is 1. The summed E-state index contributed by atoms with van der Waals surface area (Å²) in [5, 5.41) is 15.8. The Kier molecular flexibility index (Phi) is 5.27. The molecule has 23 heavy (non-hydrogen) atoms. The normalized spacial score (nSPS) is 9.96. The van der Waals surface area contributed by atoms with E-state index in [1.807, 2.05) is 0 Å². The van der Waals surface area contributed by atoms with E-state index in [0.717, 1.165) is 0 Å². The van der Waals surface area contributed by atoms with Gasteiger partial charge in [-0.15, -0.1) is 0 Å². The van der Waals surface area contributed by atoms with Crippen molar-refractivity contribution in [3.8, 4) is 0 Å². The fraction of sp³-hybridized carbons (Fsp3) is 0.0667. The van der Waals surface area contributed by atoms with E-state index in [-0.39, 0.29) is 28.5 Å².